The summed E-state index contributed by atoms with van der Waals surface area (Å²) in [6.07, 6.45) is 1.74. The van der Waals surface area contributed by atoms with Gasteiger partial charge < -0.3 is 5.11 Å². The molecule has 0 aliphatic carbocycles. The highest BCUT2D eigenvalue weighted by Gasteiger charge is 2.23. The minimum atomic E-state index is -0.897. The van der Waals surface area contributed by atoms with Crippen LogP contribution in [0.1, 0.15) is 26.5 Å². The summed E-state index contributed by atoms with van der Waals surface area (Å²) in [5.41, 5.74) is 1.55. The van der Waals surface area contributed by atoms with Gasteiger partial charge in [0.2, 0.25) is 0 Å². The van der Waals surface area contributed by atoms with E-state index < -0.39 is 5.97 Å². The van der Waals surface area contributed by atoms with Crippen LogP contribution in [0.5, 0.6) is 0 Å². The zero-order valence-corrected chi connectivity index (χ0v) is 12.9. The maximum absolute atomic E-state index is 13.1. The molecule has 0 saturated carbocycles. The molecule has 0 bridgehead atoms. The van der Waals surface area contributed by atoms with Gasteiger partial charge in [-0.05, 0) is 24.3 Å². The Bertz CT molecular complexity index is 645. The van der Waals surface area contributed by atoms with Crippen molar-refractivity contribution in [1.82, 2.24) is 9.55 Å². The molecule has 0 spiro atoms. The second kappa shape index (κ2) is 5.89. The zero-order valence-electron chi connectivity index (χ0n) is 12.1. The summed E-state index contributed by atoms with van der Waals surface area (Å²) in [6.45, 7) is 6.15. The zero-order chi connectivity index (χ0) is 15.6. The molecule has 1 aromatic heterocycles. The highest BCUT2D eigenvalue weighted by molar-refractivity contribution is 7.99. The number of nitrogens with zero attached hydrogens (tertiary/aromatic N) is 2. The van der Waals surface area contributed by atoms with Gasteiger partial charge in [0.1, 0.15) is 5.82 Å². The van der Waals surface area contributed by atoms with Crippen LogP contribution >= 0.6 is 11.8 Å². The number of rotatable bonds is 4. The van der Waals surface area contributed by atoms with Gasteiger partial charge >= 0.3 is 5.97 Å². The number of aliphatic carboxylic acids is 1. The fourth-order valence-electron chi connectivity index (χ4n) is 1.93. The Balaban J connectivity index is 2.50. The van der Waals surface area contributed by atoms with E-state index in [9.17, 15) is 9.18 Å². The van der Waals surface area contributed by atoms with Crippen LogP contribution < -0.4 is 0 Å². The molecule has 1 heterocycles. The van der Waals surface area contributed by atoms with E-state index >= 15 is 0 Å². The monoisotopic (exact) mass is 308 g/mol. The van der Waals surface area contributed by atoms with Gasteiger partial charge in [0.05, 0.1) is 11.9 Å². The van der Waals surface area contributed by atoms with Gasteiger partial charge in [0, 0.05) is 16.8 Å². The van der Waals surface area contributed by atoms with Crippen LogP contribution in [0.2, 0.25) is 0 Å². The molecule has 112 valence electrons. The van der Waals surface area contributed by atoms with E-state index in [-0.39, 0.29) is 17.0 Å². The summed E-state index contributed by atoms with van der Waals surface area (Å²) in [4.78, 5) is 15.1. The lowest BCUT2D eigenvalue weighted by atomic mass is 9.92. The number of carboxylic acids is 1. The Kier molecular flexibility index (Phi) is 4.37. The van der Waals surface area contributed by atoms with Crippen molar-refractivity contribution in [2.45, 2.75) is 31.3 Å². The molecule has 1 N–H and O–H groups in total. The molecular weight excluding hydrogens is 291 g/mol. The van der Waals surface area contributed by atoms with Crippen molar-refractivity contribution in [2.24, 2.45) is 0 Å². The standard InChI is InChI=1S/C15H17FN2O2S/c1-15(2,3)12-8-17-14(21-9-13(19)20)18(12)11-6-4-10(16)5-7-11/h4-8H,9H2,1-3H3,(H,19,20). The first-order valence-electron chi connectivity index (χ1n) is 6.48. The number of aromatic nitrogens is 2. The average Bonchev–Trinajstić information content (AvgIpc) is 2.81. The van der Waals surface area contributed by atoms with Crippen LogP contribution in [0, 0.1) is 5.82 Å². The largest absolute Gasteiger partial charge is 0.481 e. The van der Waals surface area contributed by atoms with Crippen LogP contribution in [0.3, 0.4) is 0 Å². The van der Waals surface area contributed by atoms with Crippen molar-refractivity contribution in [2.75, 3.05) is 5.75 Å². The summed E-state index contributed by atoms with van der Waals surface area (Å²) in [6, 6.07) is 6.09. The molecule has 2 aromatic rings. The number of thioether (sulfide) groups is 1. The fraction of sp³-hybridized carbons (Fsp3) is 0.333. The second-order valence-electron chi connectivity index (χ2n) is 5.67. The number of hydrogen-bond acceptors (Lipinski definition) is 3. The van der Waals surface area contributed by atoms with Crippen molar-refractivity contribution in [3.63, 3.8) is 0 Å². The molecule has 0 fully saturated rings. The highest BCUT2D eigenvalue weighted by Crippen LogP contribution is 2.30. The van der Waals surface area contributed by atoms with Crippen LogP contribution in [-0.2, 0) is 10.2 Å². The van der Waals surface area contributed by atoms with Crippen LogP contribution in [0.4, 0.5) is 4.39 Å². The van der Waals surface area contributed by atoms with Crippen LogP contribution in [-0.4, -0.2) is 26.4 Å². The van der Waals surface area contributed by atoms with Crippen molar-refractivity contribution in [3.8, 4) is 5.69 Å². The van der Waals surface area contributed by atoms with E-state index in [0.29, 0.717) is 5.16 Å². The molecule has 0 saturated heterocycles. The number of imidazole rings is 1. The highest BCUT2D eigenvalue weighted by atomic mass is 32.2. The molecule has 0 aliphatic heterocycles. The third-order valence-electron chi connectivity index (χ3n) is 2.91. The lowest BCUT2D eigenvalue weighted by Gasteiger charge is -2.21. The van der Waals surface area contributed by atoms with Gasteiger partial charge in [-0.25, -0.2) is 9.37 Å². The van der Waals surface area contributed by atoms with Crippen molar-refractivity contribution >= 4 is 17.7 Å². The molecule has 0 radical (unpaired) electrons. The third-order valence-corrected chi connectivity index (χ3v) is 3.84. The molecule has 0 amide bonds. The molecular formula is C15H17FN2O2S. The minimum absolute atomic E-state index is 0.0677. The first-order valence-corrected chi connectivity index (χ1v) is 7.46. The average molecular weight is 308 g/mol. The number of halogens is 1. The molecule has 21 heavy (non-hydrogen) atoms. The Morgan fingerprint density at radius 2 is 1.95 bits per heavy atom. The van der Waals surface area contributed by atoms with E-state index in [1.54, 1.807) is 18.3 Å². The number of benzene rings is 1. The lowest BCUT2D eigenvalue weighted by Crippen LogP contribution is -2.17. The predicted molar refractivity (Wildman–Crippen MR) is 80.6 cm³/mol. The Morgan fingerprint density at radius 3 is 2.48 bits per heavy atom. The van der Waals surface area contributed by atoms with Gasteiger partial charge in [-0.3, -0.25) is 9.36 Å². The summed E-state index contributed by atoms with van der Waals surface area (Å²) in [5, 5.41) is 9.42. The minimum Gasteiger partial charge on any atom is -0.481 e. The fourth-order valence-corrected chi connectivity index (χ4v) is 2.64. The topological polar surface area (TPSA) is 55.1 Å². The Morgan fingerprint density at radius 1 is 1.33 bits per heavy atom. The molecule has 0 aliphatic rings. The number of hydrogen-bond donors (Lipinski definition) is 1. The second-order valence-corrected chi connectivity index (χ2v) is 6.61. The molecule has 4 nitrogen and oxygen atoms in total. The Hall–Kier alpha value is -1.82. The van der Waals surface area contributed by atoms with E-state index in [0.717, 1.165) is 23.1 Å². The van der Waals surface area contributed by atoms with Gasteiger partial charge in [-0.1, -0.05) is 32.5 Å². The Labute approximate surface area is 127 Å². The molecule has 0 unspecified atom stereocenters. The summed E-state index contributed by atoms with van der Waals surface area (Å²) < 4.78 is 15.0. The summed E-state index contributed by atoms with van der Waals surface area (Å²) >= 11 is 1.15. The summed E-state index contributed by atoms with van der Waals surface area (Å²) in [7, 11) is 0. The van der Waals surface area contributed by atoms with Gasteiger partial charge in [0.15, 0.2) is 5.16 Å². The first kappa shape index (κ1) is 15.6. The maximum atomic E-state index is 13.1. The molecule has 2 rings (SSSR count). The molecule has 0 atom stereocenters. The van der Waals surface area contributed by atoms with Gasteiger partial charge in [-0.2, -0.15) is 0 Å². The molecule has 6 heteroatoms. The van der Waals surface area contributed by atoms with Crippen molar-refractivity contribution in [3.05, 3.63) is 42.0 Å². The van der Waals surface area contributed by atoms with Crippen molar-refractivity contribution < 1.29 is 14.3 Å². The lowest BCUT2D eigenvalue weighted by molar-refractivity contribution is -0.133. The quantitative estimate of drug-likeness (QED) is 0.879. The summed E-state index contributed by atoms with van der Waals surface area (Å²) in [5.74, 6) is -1.27. The van der Waals surface area contributed by atoms with E-state index in [1.165, 1.54) is 12.1 Å². The predicted octanol–water partition coefficient (Wildman–Crippen LogP) is 3.49. The van der Waals surface area contributed by atoms with E-state index in [4.69, 9.17) is 5.11 Å². The van der Waals surface area contributed by atoms with Gasteiger partial charge in [-0.15, -0.1) is 0 Å². The van der Waals surface area contributed by atoms with Gasteiger partial charge in [0.25, 0.3) is 0 Å². The molecule has 1 aromatic carbocycles. The SMILES string of the molecule is CC(C)(C)c1cnc(SCC(=O)O)n1-c1ccc(F)cc1. The van der Waals surface area contributed by atoms with Crippen molar-refractivity contribution in [1.29, 1.82) is 0 Å². The number of carbonyl (C=O) groups is 1. The van der Waals surface area contributed by atoms with Crippen LogP contribution in [0.15, 0.2) is 35.6 Å². The maximum Gasteiger partial charge on any atom is 0.313 e. The van der Waals surface area contributed by atoms with E-state index in [1.807, 2.05) is 4.57 Å². The first-order chi connectivity index (χ1) is 9.79. The normalized spacial score (nSPS) is 11.6. The smallest absolute Gasteiger partial charge is 0.313 e. The van der Waals surface area contributed by atoms with E-state index in [2.05, 4.69) is 25.8 Å². The number of carboxylic acid groups (broad SMARTS) is 1. The van der Waals surface area contributed by atoms with Crippen LogP contribution in [0.25, 0.3) is 5.69 Å². The third kappa shape index (κ3) is 3.64.